The molecule has 7 nitrogen and oxygen atoms in total. The van der Waals surface area contributed by atoms with Crippen LogP contribution in [0.5, 0.6) is 0 Å². The Kier molecular flexibility index (Phi) is 5.49. The van der Waals surface area contributed by atoms with Crippen molar-refractivity contribution in [2.75, 3.05) is 26.2 Å². The predicted molar refractivity (Wildman–Crippen MR) is 76.1 cm³/mol. The van der Waals surface area contributed by atoms with Crippen LogP contribution in [0, 0.1) is 0 Å². The molecule has 20 heavy (non-hydrogen) atoms. The molecule has 1 aliphatic rings. The summed E-state index contributed by atoms with van der Waals surface area (Å²) in [4.78, 5) is 18.6. The number of hydrogen-bond acceptors (Lipinski definition) is 5. The molecule has 0 aromatic carbocycles. The minimum Gasteiger partial charge on any atom is -0.355 e. The highest BCUT2D eigenvalue weighted by atomic mass is 16.2. The van der Waals surface area contributed by atoms with Crippen molar-refractivity contribution in [1.82, 2.24) is 30.3 Å². The van der Waals surface area contributed by atoms with Gasteiger partial charge >= 0.3 is 0 Å². The second kappa shape index (κ2) is 7.35. The minimum atomic E-state index is -0.129. The highest BCUT2D eigenvalue weighted by molar-refractivity contribution is 5.82. The van der Waals surface area contributed by atoms with Crippen LogP contribution < -0.4 is 10.6 Å². The number of carbonyl (C=O) groups excluding carboxylic acids is 1. The highest BCUT2D eigenvalue weighted by Gasteiger charge is 2.29. The molecule has 1 aromatic heterocycles. The predicted octanol–water partition coefficient (Wildman–Crippen LogP) is -0.402. The maximum atomic E-state index is 12.1. The summed E-state index contributed by atoms with van der Waals surface area (Å²) in [6.45, 7) is 8.70. The van der Waals surface area contributed by atoms with Crippen LogP contribution in [0.25, 0.3) is 0 Å². The van der Waals surface area contributed by atoms with E-state index in [9.17, 15) is 4.79 Å². The number of aromatic nitrogens is 3. The van der Waals surface area contributed by atoms with Crippen molar-refractivity contribution in [1.29, 1.82) is 0 Å². The second-order valence-electron chi connectivity index (χ2n) is 4.98. The summed E-state index contributed by atoms with van der Waals surface area (Å²) in [6, 6.07) is -0.129. The van der Waals surface area contributed by atoms with Gasteiger partial charge in [0.15, 0.2) is 0 Å². The van der Waals surface area contributed by atoms with Crippen molar-refractivity contribution in [3.63, 3.8) is 0 Å². The third kappa shape index (κ3) is 3.55. The fourth-order valence-corrected chi connectivity index (χ4v) is 2.48. The zero-order valence-corrected chi connectivity index (χ0v) is 12.3. The van der Waals surface area contributed by atoms with Gasteiger partial charge in [0.2, 0.25) is 5.91 Å². The van der Waals surface area contributed by atoms with Crippen LogP contribution >= 0.6 is 0 Å². The molecular weight excluding hydrogens is 256 g/mol. The Bertz CT molecular complexity index is 432. The number of likely N-dealkylation sites (N-methyl/N-ethyl adjacent to an activating group) is 1. The molecule has 112 valence electrons. The number of amides is 1. The Morgan fingerprint density at radius 1 is 1.55 bits per heavy atom. The lowest BCUT2D eigenvalue weighted by molar-refractivity contribution is -0.127. The van der Waals surface area contributed by atoms with Crippen LogP contribution in [0.1, 0.15) is 26.1 Å². The van der Waals surface area contributed by atoms with Gasteiger partial charge in [-0.15, -0.1) is 0 Å². The topological polar surface area (TPSA) is 75.1 Å². The molecule has 1 fully saturated rings. The van der Waals surface area contributed by atoms with Crippen molar-refractivity contribution in [3.8, 4) is 0 Å². The van der Waals surface area contributed by atoms with E-state index in [1.807, 2.05) is 11.6 Å². The molecular formula is C13H24N6O. The molecule has 1 amide bonds. The van der Waals surface area contributed by atoms with Crippen LogP contribution in [-0.2, 0) is 17.9 Å². The van der Waals surface area contributed by atoms with Crippen LogP contribution in [0.4, 0.5) is 0 Å². The van der Waals surface area contributed by atoms with Crippen LogP contribution in [0.2, 0.25) is 0 Å². The number of rotatable bonds is 6. The Hall–Kier alpha value is -1.47. The molecule has 0 saturated carbocycles. The first-order valence-electron chi connectivity index (χ1n) is 7.35. The third-order valence-corrected chi connectivity index (χ3v) is 3.48. The first-order chi connectivity index (χ1) is 9.76. The standard InChI is InChI=1S/C13H24N6O/c1-3-6-19-12(16-10-17-19)9-18-7-5-14-8-11(18)13(20)15-4-2/h10-11,14H,3-9H2,1-2H3,(H,15,20). The van der Waals surface area contributed by atoms with Crippen molar-refractivity contribution in [3.05, 3.63) is 12.2 Å². The number of nitrogens with one attached hydrogen (secondary N) is 2. The number of hydrogen-bond donors (Lipinski definition) is 2. The SMILES string of the molecule is CCCn1ncnc1CN1CCNCC1C(=O)NCC. The van der Waals surface area contributed by atoms with Crippen molar-refractivity contribution in [2.45, 2.75) is 39.4 Å². The Labute approximate surface area is 119 Å². The van der Waals surface area contributed by atoms with Crippen LogP contribution in [0.15, 0.2) is 6.33 Å². The smallest absolute Gasteiger partial charge is 0.238 e. The summed E-state index contributed by atoms with van der Waals surface area (Å²) in [7, 11) is 0. The molecule has 0 radical (unpaired) electrons. The fourth-order valence-electron chi connectivity index (χ4n) is 2.48. The van der Waals surface area contributed by atoms with Gasteiger partial charge in [-0.25, -0.2) is 9.67 Å². The lowest BCUT2D eigenvalue weighted by atomic mass is 10.1. The summed E-state index contributed by atoms with van der Waals surface area (Å²) in [6.07, 6.45) is 2.62. The van der Waals surface area contributed by atoms with Crippen LogP contribution in [0.3, 0.4) is 0 Å². The van der Waals surface area contributed by atoms with Gasteiger partial charge in [-0.3, -0.25) is 9.69 Å². The molecule has 1 unspecified atom stereocenters. The van der Waals surface area contributed by atoms with Gasteiger partial charge in [0.1, 0.15) is 18.2 Å². The molecule has 0 aliphatic carbocycles. The molecule has 1 aromatic rings. The second-order valence-corrected chi connectivity index (χ2v) is 4.98. The molecule has 1 saturated heterocycles. The molecule has 7 heteroatoms. The molecule has 1 atom stereocenters. The molecule has 1 aliphatic heterocycles. The van der Waals surface area contributed by atoms with E-state index in [2.05, 4.69) is 32.5 Å². The number of aryl methyl sites for hydroxylation is 1. The van der Waals surface area contributed by atoms with Gasteiger partial charge in [-0.2, -0.15) is 5.10 Å². The Morgan fingerprint density at radius 2 is 2.40 bits per heavy atom. The van der Waals surface area contributed by atoms with Crippen molar-refractivity contribution < 1.29 is 4.79 Å². The first-order valence-corrected chi connectivity index (χ1v) is 7.35. The van der Waals surface area contributed by atoms with E-state index in [0.717, 1.165) is 31.9 Å². The summed E-state index contributed by atoms with van der Waals surface area (Å²) >= 11 is 0. The normalized spacial score (nSPS) is 20.0. The van der Waals surface area contributed by atoms with Gasteiger partial charge in [-0.05, 0) is 13.3 Å². The van der Waals surface area contributed by atoms with E-state index in [0.29, 0.717) is 19.6 Å². The first kappa shape index (κ1) is 14.9. The minimum absolute atomic E-state index is 0.0845. The van der Waals surface area contributed by atoms with Gasteiger partial charge in [-0.1, -0.05) is 6.92 Å². The van der Waals surface area contributed by atoms with Gasteiger partial charge in [0, 0.05) is 32.7 Å². The lowest BCUT2D eigenvalue weighted by Gasteiger charge is -2.34. The van der Waals surface area contributed by atoms with E-state index >= 15 is 0 Å². The highest BCUT2D eigenvalue weighted by Crippen LogP contribution is 2.09. The number of carbonyl (C=O) groups is 1. The number of nitrogens with zero attached hydrogens (tertiary/aromatic N) is 4. The largest absolute Gasteiger partial charge is 0.355 e. The van der Waals surface area contributed by atoms with Gasteiger partial charge in [0.05, 0.1) is 6.54 Å². The molecule has 2 rings (SSSR count). The zero-order valence-electron chi connectivity index (χ0n) is 12.3. The van der Waals surface area contributed by atoms with Crippen molar-refractivity contribution >= 4 is 5.91 Å². The van der Waals surface area contributed by atoms with Crippen molar-refractivity contribution in [2.24, 2.45) is 0 Å². The summed E-state index contributed by atoms with van der Waals surface area (Å²) in [5.41, 5.74) is 0. The van der Waals surface area contributed by atoms with E-state index in [4.69, 9.17) is 0 Å². The summed E-state index contributed by atoms with van der Waals surface area (Å²) < 4.78 is 1.93. The van der Waals surface area contributed by atoms with E-state index in [1.54, 1.807) is 6.33 Å². The molecule has 2 heterocycles. The number of piperazine rings is 1. The fraction of sp³-hybridized carbons (Fsp3) is 0.769. The van der Waals surface area contributed by atoms with Crippen LogP contribution in [-0.4, -0.2) is 57.8 Å². The Balaban J connectivity index is 2.04. The molecule has 2 N–H and O–H groups in total. The summed E-state index contributed by atoms with van der Waals surface area (Å²) in [5, 5.41) is 10.4. The maximum absolute atomic E-state index is 12.1. The van der Waals surface area contributed by atoms with Gasteiger partial charge < -0.3 is 10.6 Å². The molecule has 0 bridgehead atoms. The summed E-state index contributed by atoms with van der Waals surface area (Å²) in [5.74, 6) is 1.02. The van der Waals surface area contributed by atoms with E-state index in [1.165, 1.54) is 0 Å². The monoisotopic (exact) mass is 280 g/mol. The quantitative estimate of drug-likeness (QED) is 0.741. The third-order valence-electron chi connectivity index (χ3n) is 3.48. The maximum Gasteiger partial charge on any atom is 0.238 e. The average Bonchev–Trinajstić information content (AvgIpc) is 2.87. The Morgan fingerprint density at radius 3 is 3.15 bits per heavy atom. The van der Waals surface area contributed by atoms with Gasteiger partial charge in [0.25, 0.3) is 0 Å². The lowest BCUT2D eigenvalue weighted by Crippen LogP contribution is -2.57. The van der Waals surface area contributed by atoms with E-state index < -0.39 is 0 Å². The molecule has 0 spiro atoms. The van der Waals surface area contributed by atoms with E-state index in [-0.39, 0.29) is 11.9 Å². The zero-order chi connectivity index (χ0) is 14.4. The average molecular weight is 280 g/mol.